The summed E-state index contributed by atoms with van der Waals surface area (Å²) in [4.78, 5) is 47.9. The molecule has 0 aliphatic rings. The molecule has 0 heterocycles. The predicted octanol–water partition coefficient (Wildman–Crippen LogP) is 5.25. The second kappa shape index (κ2) is 37.7. The average molecular weight is 867 g/mol. The Balaban J connectivity index is -0.00000101. The van der Waals surface area contributed by atoms with Gasteiger partial charge in [0.15, 0.2) is 10.5 Å². The number of ether oxygens (including phenoxy) is 4. The summed E-state index contributed by atoms with van der Waals surface area (Å²) in [7, 11) is -9.75. The fraction of sp³-hybridized carbons (Fsp3) is 0.900. The maximum Gasteiger partial charge on any atom is 1.00 e. The van der Waals surface area contributed by atoms with Crippen LogP contribution in [0.25, 0.3) is 0 Å². The van der Waals surface area contributed by atoms with E-state index in [2.05, 4.69) is 27.7 Å². The molecule has 0 saturated carbocycles. The third-order valence-electron chi connectivity index (χ3n) is 9.47. The summed E-state index contributed by atoms with van der Waals surface area (Å²) in [6, 6.07) is 0. The zero-order valence-electron chi connectivity index (χ0n) is 36.3. The molecule has 0 aromatic carbocycles. The standard InChI is InChI=1S/2C20H38O7S.Na/c1-5-9-11-16(7-3)14-26-19(21)13-18(28(23,24)25)20(22)27-15-17(8-4)12-10-6-2;1-3-5-7-9-11-13-15-26-19(21)17-18(28(23,24)25)20(22)27-16-14-12-10-8-6-4-2;/h16-18H,5-15H2,1-4H3,(H,23,24,25);18H,3-17H2,1-2H3,(H,23,24,25);/q;;+1/p-1. The van der Waals surface area contributed by atoms with Crippen molar-refractivity contribution in [2.75, 3.05) is 26.4 Å². The van der Waals surface area contributed by atoms with Gasteiger partial charge in [0.05, 0.1) is 39.3 Å². The predicted molar refractivity (Wildman–Crippen MR) is 215 cm³/mol. The van der Waals surface area contributed by atoms with Crippen LogP contribution in [0.3, 0.4) is 0 Å². The Morgan fingerprint density at radius 1 is 0.509 bits per heavy atom. The van der Waals surface area contributed by atoms with E-state index in [1.807, 2.05) is 13.8 Å². The van der Waals surface area contributed by atoms with Gasteiger partial charge < -0.3 is 23.5 Å². The van der Waals surface area contributed by atoms with E-state index in [1.54, 1.807) is 0 Å². The maximum atomic E-state index is 12.1. The van der Waals surface area contributed by atoms with Crippen LogP contribution in [0.15, 0.2) is 0 Å². The summed E-state index contributed by atoms with van der Waals surface area (Å²) in [6.45, 7) is 12.8. The topological polar surface area (TPSA) is 217 Å². The van der Waals surface area contributed by atoms with Crippen LogP contribution in [0.2, 0.25) is 0 Å². The van der Waals surface area contributed by atoms with E-state index >= 15 is 0 Å². The minimum absolute atomic E-state index is 0. The van der Waals surface area contributed by atoms with E-state index in [0.717, 1.165) is 109 Å². The summed E-state index contributed by atoms with van der Waals surface area (Å²) >= 11 is 0. The Bertz CT molecular complexity index is 1260. The fourth-order valence-corrected chi connectivity index (χ4v) is 6.85. The van der Waals surface area contributed by atoms with Gasteiger partial charge in [-0.3, -0.25) is 23.7 Å². The summed E-state index contributed by atoms with van der Waals surface area (Å²) in [6.07, 6.45) is 17.9. The van der Waals surface area contributed by atoms with Gasteiger partial charge in [-0.2, -0.15) is 8.42 Å². The molecule has 0 bridgehead atoms. The van der Waals surface area contributed by atoms with E-state index in [-0.39, 0.29) is 67.8 Å². The Morgan fingerprint density at radius 2 is 0.877 bits per heavy atom. The van der Waals surface area contributed by atoms with Crippen molar-refractivity contribution in [2.45, 2.75) is 193 Å². The first-order valence-electron chi connectivity index (χ1n) is 21.1. The molecule has 0 amide bonds. The maximum absolute atomic E-state index is 12.1. The van der Waals surface area contributed by atoms with Crippen molar-refractivity contribution in [2.24, 2.45) is 11.8 Å². The van der Waals surface area contributed by atoms with Gasteiger partial charge in [0.1, 0.15) is 10.1 Å². The first-order chi connectivity index (χ1) is 26.5. The number of carbonyl (C=O) groups is 4. The van der Waals surface area contributed by atoms with Crippen LogP contribution in [0.1, 0.15) is 183 Å². The van der Waals surface area contributed by atoms with Crippen molar-refractivity contribution < 1.29 is 93.6 Å². The van der Waals surface area contributed by atoms with Crippen molar-refractivity contribution in [3.05, 3.63) is 0 Å². The molecule has 0 aliphatic carbocycles. The van der Waals surface area contributed by atoms with Crippen LogP contribution in [-0.2, 0) is 58.4 Å². The molecular formula is C40H75NaO14S2. The Morgan fingerprint density at radius 3 is 1.30 bits per heavy atom. The zero-order chi connectivity index (χ0) is 42.8. The molecule has 332 valence electrons. The van der Waals surface area contributed by atoms with Crippen molar-refractivity contribution in [1.29, 1.82) is 0 Å². The van der Waals surface area contributed by atoms with Gasteiger partial charge in [0.25, 0.3) is 10.1 Å². The zero-order valence-corrected chi connectivity index (χ0v) is 39.9. The second-order valence-electron chi connectivity index (χ2n) is 14.5. The minimum Gasteiger partial charge on any atom is -0.747 e. The molecule has 14 nitrogen and oxygen atoms in total. The molecular weight excluding hydrogens is 792 g/mol. The van der Waals surface area contributed by atoms with Crippen LogP contribution in [0, 0.1) is 11.8 Å². The number of esters is 4. The largest absolute Gasteiger partial charge is 1.00 e. The molecule has 0 saturated heterocycles. The van der Waals surface area contributed by atoms with Crippen molar-refractivity contribution in [1.82, 2.24) is 0 Å². The summed E-state index contributed by atoms with van der Waals surface area (Å²) in [5, 5.41) is -3.98. The first kappa shape index (κ1) is 60.0. The molecule has 0 aromatic heterocycles. The monoisotopic (exact) mass is 866 g/mol. The van der Waals surface area contributed by atoms with E-state index < -0.39 is 67.5 Å². The average Bonchev–Trinajstić information content (AvgIpc) is 3.14. The number of rotatable bonds is 34. The Hall–Kier alpha value is -1.30. The van der Waals surface area contributed by atoms with Crippen molar-refractivity contribution in [3.8, 4) is 0 Å². The fourth-order valence-electron chi connectivity index (χ4n) is 5.55. The molecule has 4 unspecified atom stereocenters. The Labute approximate surface area is 367 Å². The molecule has 17 heteroatoms. The molecule has 0 radical (unpaired) electrons. The normalized spacial score (nSPS) is 13.5. The Kier molecular flexibility index (Phi) is 39.7. The third kappa shape index (κ3) is 34.1. The molecule has 0 aliphatic heterocycles. The molecule has 0 fully saturated rings. The minimum atomic E-state index is -5.01. The first-order valence-corrected chi connectivity index (χ1v) is 24.0. The third-order valence-corrected chi connectivity index (χ3v) is 11.6. The molecule has 57 heavy (non-hydrogen) atoms. The van der Waals surface area contributed by atoms with Gasteiger partial charge in [-0.15, -0.1) is 0 Å². The van der Waals surface area contributed by atoms with Gasteiger partial charge in [-0.1, -0.05) is 144 Å². The molecule has 0 aromatic rings. The van der Waals surface area contributed by atoms with Crippen molar-refractivity contribution >= 4 is 44.1 Å². The van der Waals surface area contributed by atoms with Gasteiger partial charge in [-0.05, 0) is 37.5 Å². The molecule has 0 rings (SSSR count). The second-order valence-corrected chi connectivity index (χ2v) is 17.6. The van der Waals surface area contributed by atoms with Crippen LogP contribution in [0.5, 0.6) is 0 Å². The van der Waals surface area contributed by atoms with E-state index in [0.29, 0.717) is 12.8 Å². The smallest absolute Gasteiger partial charge is 0.747 e. The summed E-state index contributed by atoms with van der Waals surface area (Å²) in [5.41, 5.74) is 0. The van der Waals surface area contributed by atoms with Gasteiger partial charge in [0, 0.05) is 0 Å². The summed E-state index contributed by atoms with van der Waals surface area (Å²) < 4.78 is 86.6. The number of unbranched alkanes of at least 4 members (excludes halogenated alkanes) is 12. The van der Waals surface area contributed by atoms with Crippen molar-refractivity contribution in [3.63, 3.8) is 0 Å². The number of hydrogen-bond donors (Lipinski definition) is 1. The number of hydrogen-bond acceptors (Lipinski definition) is 13. The van der Waals surface area contributed by atoms with Crippen LogP contribution in [-0.4, -0.2) is 86.7 Å². The van der Waals surface area contributed by atoms with E-state index in [4.69, 9.17) is 18.9 Å². The van der Waals surface area contributed by atoms with Gasteiger partial charge in [0.2, 0.25) is 0 Å². The summed E-state index contributed by atoms with van der Waals surface area (Å²) in [5.74, 6) is -3.67. The van der Waals surface area contributed by atoms with E-state index in [9.17, 15) is 45.1 Å². The quantitative estimate of drug-likeness (QED) is 0.0287. The van der Waals surface area contributed by atoms with Crippen LogP contribution in [0.4, 0.5) is 0 Å². The molecule has 4 atom stereocenters. The molecule has 0 spiro atoms. The van der Waals surface area contributed by atoms with Crippen LogP contribution < -0.4 is 29.6 Å². The SMILES string of the molecule is CCCCC(CC)COC(=O)CC(C(=O)OCC(CC)CCCC)S(=O)(=O)[O-].CCCCCCCCOC(=O)CC(C(=O)OCCCCCCCC)S(=O)(=O)O.[Na+]. The van der Waals surface area contributed by atoms with E-state index in [1.165, 1.54) is 6.42 Å². The van der Waals surface area contributed by atoms with Gasteiger partial charge >= 0.3 is 53.4 Å². The van der Waals surface area contributed by atoms with Crippen LogP contribution >= 0.6 is 0 Å². The molecule has 1 N–H and O–H groups in total. The van der Waals surface area contributed by atoms with Gasteiger partial charge in [-0.25, -0.2) is 8.42 Å². The number of carbonyl (C=O) groups excluding carboxylic acids is 4.